The summed E-state index contributed by atoms with van der Waals surface area (Å²) in [6.45, 7) is 10.3. The molecule has 5 rings (SSSR count). The van der Waals surface area contributed by atoms with E-state index in [4.69, 9.17) is 0 Å². The highest BCUT2D eigenvalue weighted by molar-refractivity contribution is 6.24. The van der Waals surface area contributed by atoms with Crippen LogP contribution in [0.4, 0.5) is 0 Å². The molecule has 42 heavy (non-hydrogen) atoms. The first kappa shape index (κ1) is 29.8. The topological polar surface area (TPSA) is 132 Å². The van der Waals surface area contributed by atoms with Crippen molar-refractivity contribution in [2.24, 2.45) is 22.7 Å². The lowest BCUT2D eigenvalue weighted by Crippen LogP contribution is -2.69. The van der Waals surface area contributed by atoms with Gasteiger partial charge in [-0.3, -0.25) is 14.4 Å². The molecule has 3 aliphatic carbocycles. The van der Waals surface area contributed by atoms with Gasteiger partial charge in [-0.05, 0) is 73.3 Å². The molecule has 0 aromatic heterocycles. The average molecular weight is 573 g/mol. The molecule has 7 heteroatoms. The Morgan fingerprint density at radius 1 is 1.02 bits per heavy atom. The Kier molecular flexibility index (Phi) is 7.05. The van der Waals surface area contributed by atoms with E-state index in [2.05, 4.69) is 25.1 Å². The number of carbonyl (C=O) groups is 3. The van der Waals surface area contributed by atoms with Gasteiger partial charge < -0.3 is 20.4 Å². The van der Waals surface area contributed by atoms with Gasteiger partial charge in [0.15, 0.2) is 17.2 Å². The lowest BCUT2D eigenvalue weighted by molar-refractivity contribution is -0.178. The first-order chi connectivity index (χ1) is 19.6. The van der Waals surface area contributed by atoms with E-state index in [0.717, 1.165) is 30.9 Å². The van der Waals surface area contributed by atoms with E-state index < -0.39 is 56.8 Å². The predicted octanol–water partition coefficient (Wildman–Crippen LogP) is 5.54. The summed E-state index contributed by atoms with van der Waals surface area (Å²) in [6.07, 6.45) is 2.67. The molecule has 0 radical (unpaired) electrons. The second kappa shape index (κ2) is 9.94. The molecule has 0 amide bonds. The fourth-order valence-electron chi connectivity index (χ4n) is 8.30. The van der Waals surface area contributed by atoms with Gasteiger partial charge in [0.05, 0.1) is 5.56 Å². The maximum atomic E-state index is 14.4. The zero-order valence-corrected chi connectivity index (χ0v) is 25.2. The fraction of sp³-hybridized carbons (Fsp3) is 0.457. The Balaban J connectivity index is 1.68. The van der Waals surface area contributed by atoms with Crippen LogP contribution >= 0.6 is 0 Å². The van der Waals surface area contributed by atoms with Crippen LogP contribution in [0.3, 0.4) is 0 Å². The largest absolute Gasteiger partial charge is 0.508 e. The monoisotopic (exact) mass is 572 g/mol. The van der Waals surface area contributed by atoms with E-state index in [1.54, 1.807) is 20.8 Å². The average Bonchev–Trinajstić information content (AvgIpc) is 2.90. The number of aromatic hydroxyl groups is 1. The number of aryl methyl sites for hydroxylation is 3. The Morgan fingerprint density at radius 2 is 1.69 bits per heavy atom. The third-order valence-electron chi connectivity index (χ3n) is 10.1. The molecule has 2 aromatic carbocycles. The number of hydrogen-bond donors (Lipinski definition) is 4. The normalized spacial score (nSPS) is 29.0. The van der Waals surface area contributed by atoms with Crippen molar-refractivity contribution in [3.8, 4) is 5.75 Å². The van der Waals surface area contributed by atoms with Gasteiger partial charge in [0.2, 0.25) is 5.78 Å². The molecule has 0 aliphatic heterocycles. The number of phenolic OH excluding ortho intramolecular Hbond substituents is 1. The molecule has 0 spiro atoms. The smallest absolute Gasteiger partial charge is 0.203 e. The molecular formula is C35H40O7. The Hall–Kier alpha value is -3.71. The van der Waals surface area contributed by atoms with Gasteiger partial charge in [-0.15, -0.1) is 0 Å². The van der Waals surface area contributed by atoms with Crippen LogP contribution in [-0.2, 0) is 40.1 Å². The van der Waals surface area contributed by atoms with E-state index in [9.17, 15) is 34.8 Å². The summed E-state index contributed by atoms with van der Waals surface area (Å²) in [6, 6.07) is 11.7. The highest BCUT2D eigenvalue weighted by Gasteiger charge is 2.72. The maximum absolute atomic E-state index is 14.4. The Bertz CT molecular complexity index is 1590. The summed E-state index contributed by atoms with van der Waals surface area (Å²) in [5.74, 6) is -5.15. The molecule has 0 bridgehead atoms. The molecule has 1 saturated carbocycles. The number of phenols is 1. The number of hydrogen-bond acceptors (Lipinski definition) is 7. The molecule has 1 fully saturated rings. The minimum absolute atomic E-state index is 0.0819. The maximum Gasteiger partial charge on any atom is 0.203 e. The summed E-state index contributed by atoms with van der Waals surface area (Å²) in [4.78, 5) is 40.6. The molecule has 0 heterocycles. The number of aliphatic hydroxyl groups excluding tert-OH is 2. The number of Topliss-reactive ketones (excluding diaryl/α,β-unsaturated/α-hetero) is 3. The van der Waals surface area contributed by atoms with Gasteiger partial charge in [-0.2, -0.15) is 0 Å². The molecule has 0 saturated heterocycles. The van der Waals surface area contributed by atoms with Crippen molar-refractivity contribution >= 4 is 23.1 Å². The molecule has 1 unspecified atom stereocenters. The SMILES string of the molecule is CCc1cccc(CCc2ccc(O)c3c2C[C@]2(C)C[C@]4(C)C(C(C)C)C(=O)C(C(C)=O)=C(O)[C@]4(O)C(=O)C2=C3O)c1. The number of allylic oxidation sites excluding steroid dienone is 1. The summed E-state index contributed by atoms with van der Waals surface area (Å²) < 4.78 is 0. The number of fused-ring (bicyclic) bond motifs is 3. The van der Waals surface area contributed by atoms with E-state index >= 15 is 0 Å². The number of carbonyl (C=O) groups excluding carboxylic acids is 3. The number of rotatable bonds is 6. The second-order valence-electron chi connectivity index (χ2n) is 13.2. The first-order valence-electron chi connectivity index (χ1n) is 14.7. The van der Waals surface area contributed by atoms with Crippen molar-refractivity contribution in [1.82, 2.24) is 0 Å². The van der Waals surface area contributed by atoms with Crippen LogP contribution < -0.4 is 0 Å². The Morgan fingerprint density at radius 3 is 2.31 bits per heavy atom. The van der Waals surface area contributed by atoms with Crippen LogP contribution in [-0.4, -0.2) is 43.4 Å². The van der Waals surface area contributed by atoms with E-state index in [1.165, 1.54) is 17.2 Å². The standard InChI is InChI=1S/C35H40O7/c1-7-20-9-8-10-21(15-20)11-12-22-13-14-24(37)26-23(22)16-33(5)17-34(6)27(18(2)3)29(38)25(19(4)36)31(40)35(34,42)32(41)28(33)30(26)39/h8-10,13-15,18,27,37,39-40,42H,7,11-12,16-17H2,1-6H3/t27?,33-,34-,35+/m1/s1. The summed E-state index contributed by atoms with van der Waals surface area (Å²) in [7, 11) is 0. The summed E-state index contributed by atoms with van der Waals surface area (Å²) in [5.41, 5.74) is -1.56. The first-order valence-corrected chi connectivity index (χ1v) is 14.7. The molecule has 4 atom stereocenters. The van der Waals surface area contributed by atoms with E-state index in [-0.39, 0.29) is 35.6 Å². The minimum Gasteiger partial charge on any atom is -0.508 e. The minimum atomic E-state index is -2.60. The summed E-state index contributed by atoms with van der Waals surface area (Å²) in [5, 5.41) is 46.1. The lowest BCUT2D eigenvalue weighted by Gasteiger charge is -2.59. The summed E-state index contributed by atoms with van der Waals surface area (Å²) >= 11 is 0. The molecule has 4 N–H and O–H groups in total. The predicted molar refractivity (Wildman–Crippen MR) is 159 cm³/mol. The highest BCUT2D eigenvalue weighted by Crippen LogP contribution is 2.65. The molecule has 2 aromatic rings. The fourth-order valence-corrected chi connectivity index (χ4v) is 8.30. The van der Waals surface area contributed by atoms with Crippen LogP contribution in [0.1, 0.15) is 75.8 Å². The van der Waals surface area contributed by atoms with Gasteiger partial charge >= 0.3 is 0 Å². The van der Waals surface area contributed by atoms with Gasteiger partial charge in [0.1, 0.15) is 22.8 Å². The number of ketones is 3. The van der Waals surface area contributed by atoms with E-state index in [0.29, 0.717) is 6.42 Å². The van der Waals surface area contributed by atoms with Crippen LogP contribution in [0.25, 0.3) is 5.76 Å². The second-order valence-corrected chi connectivity index (χ2v) is 13.2. The van der Waals surface area contributed by atoms with Crippen molar-refractivity contribution in [3.63, 3.8) is 0 Å². The number of aliphatic hydroxyl groups is 3. The Labute approximate surface area is 246 Å². The number of benzene rings is 2. The quantitative estimate of drug-likeness (QED) is 0.334. The van der Waals surface area contributed by atoms with Crippen molar-refractivity contribution in [3.05, 3.63) is 81.1 Å². The van der Waals surface area contributed by atoms with Crippen LogP contribution in [0, 0.1) is 22.7 Å². The van der Waals surface area contributed by atoms with Crippen LogP contribution in [0.2, 0.25) is 0 Å². The van der Waals surface area contributed by atoms with Crippen LogP contribution in [0.5, 0.6) is 5.75 Å². The highest BCUT2D eigenvalue weighted by atomic mass is 16.3. The third-order valence-corrected chi connectivity index (χ3v) is 10.1. The van der Waals surface area contributed by atoms with E-state index in [1.807, 2.05) is 19.1 Å². The molecular weight excluding hydrogens is 532 g/mol. The van der Waals surface area contributed by atoms with Gasteiger partial charge in [-0.25, -0.2) is 0 Å². The van der Waals surface area contributed by atoms with Crippen molar-refractivity contribution in [1.29, 1.82) is 0 Å². The van der Waals surface area contributed by atoms with Crippen molar-refractivity contribution in [2.45, 2.75) is 79.2 Å². The van der Waals surface area contributed by atoms with Crippen molar-refractivity contribution in [2.75, 3.05) is 0 Å². The lowest BCUT2D eigenvalue weighted by atomic mass is 9.43. The van der Waals surface area contributed by atoms with Crippen LogP contribution in [0.15, 0.2) is 53.3 Å². The third kappa shape index (κ3) is 4.00. The molecule has 7 nitrogen and oxygen atoms in total. The van der Waals surface area contributed by atoms with Gasteiger partial charge in [0, 0.05) is 22.3 Å². The van der Waals surface area contributed by atoms with Gasteiger partial charge in [0.25, 0.3) is 0 Å². The molecule has 222 valence electrons. The van der Waals surface area contributed by atoms with Crippen molar-refractivity contribution < 1.29 is 34.8 Å². The molecule has 3 aliphatic rings. The zero-order valence-electron chi connectivity index (χ0n) is 25.2. The zero-order chi connectivity index (χ0) is 30.9. The van der Waals surface area contributed by atoms with Gasteiger partial charge in [-0.1, -0.05) is 65.0 Å².